The number of carbonyl (C=O) groups is 1. The standard InChI is InChI=1S/C22H27NO5/c1-5-17-8-7-9-18(6-2)22(17)21(15(3)14-27-23(25)26)20(24)13-12-19-11-10-16(4)28-19/h7-13,15,21H,5-6,14H2,1-4H3/b13-12+. The quantitative estimate of drug-likeness (QED) is 0.329. The highest BCUT2D eigenvalue weighted by Crippen LogP contribution is 2.33. The molecule has 2 aromatic rings. The van der Waals surface area contributed by atoms with Crippen molar-refractivity contribution in [2.75, 3.05) is 6.61 Å². The van der Waals surface area contributed by atoms with Crippen LogP contribution in [0.4, 0.5) is 0 Å². The Hall–Kier alpha value is -2.89. The molecule has 0 aliphatic carbocycles. The molecule has 0 spiro atoms. The molecule has 0 radical (unpaired) electrons. The van der Waals surface area contributed by atoms with E-state index >= 15 is 0 Å². The summed E-state index contributed by atoms with van der Waals surface area (Å²) in [6, 6.07) is 9.63. The van der Waals surface area contributed by atoms with Crippen LogP contribution in [0.1, 0.15) is 54.9 Å². The fraction of sp³-hybridized carbons (Fsp3) is 0.409. The summed E-state index contributed by atoms with van der Waals surface area (Å²) in [7, 11) is 0. The van der Waals surface area contributed by atoms with Gasteiger partial charge in [-0.1, -0.05) is 39.0 Å². The molecule has 150 valence electrons. The van der Waals surface area contributed by atoms with Gasteiger partial charge in [-0.3, -0.25) is 4.79 Å². The molecule has 2 rings (SSSR count). The summed E-state index contributed by atoms with van der Waals surface area (Å²) in [6.07, 6.45) is 4.69. The Kier molecular flexibility index (Phi) is 7.55. The zero-order chi connectivity index (χ0) is 20.7. The normalized spacial score (nSPS) is 13.4. The van der Waals surface area contributed by atoms with E-state index in [-0.39, 0.29) is 18.3 Å². The van der Waals surface area contributed by atoms with E-state index in [2.05, 4.69) is 4.84 Å². The molecule has 2 atom stereocenters. The molecule has 28 heavy (non-hydrogen) atoms. The van der Waals surface area contributed by atoms with Crippen molar-refractivity contribution < 1.29 is 19.1 Å². The molecule has 2 unspecified atom stereocenters. The van der Waals surface area contributed by atoms with Gasteiger partial charge in [-0.05, 0) is 66.7 Å². The summed E-state index contributed by atoms with van der Waals surface area (Å²) in [6.45, 7) is 7.59. The second kappa shape index (κ2) is 9.88. The molecular formula is C22H27NO5. The molecule has 0 bridgehead atoms. The van der Waals surface area contributed by atoms with Gasteiger partial charge in [-0.15, -0.1) is 10.1 Å². The monoisotopic (exact) mass is 385 g/mol. The predicted octanol–water partition coefficient (Wildman–Crippen LogP) is 4.92. The Morgan fingerprint density at radius 1 is 1.21 bits per heavy atom. The second-order valence-electron chi connectivity index (χ2n) is 6.86. The largest absolute Gasteiger partial charge is 0.462 e. The van der Waals surface area contributed by atoms with E-state index in [1.807, 2.05) is 52.0 Å². The first-order valence-electron chi connectivity index (χ1n) is 9.53. The molecular weight excluding hydrogens is 358 g/mol. The summed E-state index contributed by atoms with van der Waals surface area (Å²) >= 11 is 0. The Balaban J connectivity index is 2.43. The fourth-order valence-corrected chi connectivity index (χ4v) is 3.48. The van der Waals surface area contributed by atoms with Gasteiger partial charge in [0.05, 0.1) is 5.92 Å². The molecule has 0 N–H and O–H groups in total. The van der Waals surface area contributed by atoms with E-state index in [0.717, 1.165) is 35.3 Å². The van der Waals surface area contributed by atoms with Crippen LogP contribution in [0.25, 0.3) is 6.08 Å². The third kappa shape index (κ3) is 5.31. The lowest BCUT2D eigenvalue weighted by molar-refractivity contribution is -0.759. The van der Waals surface area contributed by atoms with Crippen LogP contribution in [0.3, 0.4) is 0 Å². The third-order valence-corrected chi connectivity index (χ3v) is 4.85. The van der Waals surface area contributed by atoms with E-state index in [9.17, 15) is 14.9 Å². The Morgan fingerprint density at radius 3 is 2.36 bits per heavy atom. The lowest BCUT2D eigenvalue weighted by atomic mass is 9.78. The minimum Gasteiger partial charge on any atom is -0.462 e. The Morgan fingerprint density at radius 2 is 1.86 bits per heavy atom. The average molecular weight is 385 g/mol. The number of nitrogens with zero attached hydrogens (tertiary/aromatic N) is 1. The average Bonchev–Trinajstić information content (AvgIpc) is 3.10. The van der Waals surface area contributed by atoms with Crippen molar-refractivity contribution in [1.82, 2.24) is 0 Å². The van der Waals surface area contributed by atoms with E-state index in [1.165, 1.54) is 6.08 Å². The van der Waals surface area contributed by atoms with Gasteiger partial charge in [0.1, 0.15) is 18.1 Å². The lowest BCUT2D eigenvalue weighted by Crippen LogP contribution is -2.25. The van der Waals surface area contributed by atoms with Crippen LogP contribution in [-0.4, -0.2) is 17.5 Å². The number of ketones is 1. The highest BCUT2D eigenvalue weighted by atomic mass is 16.9. The van der Waals surface area contributed by atoms with E-state index in [0.29, 0.717) is 5.76 Å². The van der Waals surface area contributed by atoms with Crippen LogP contribution in [0.2, 0.25) is 0 Å². The van der Waals surface area contributed by atoms with Crippen molar-refractivity contribution in [3.8, 4) is 0 Å². The maximum atomic E-state index is 13.2. The molecule has 0 saturated heterocycles. The predicted molar refractivity (Wildman–Crippen MR) is 108 cm³/mol. The van der Waals surface area contributed by atoms with E-state index in [1.54, 1.807) is 12.1 Å². The molecule has 0 amide bonds. The lowest BCUT2D eigenvalue weighted by Gasteiger charge is -2.26. The van der Waals surface area contributed by atoms with Gasteiger partial charge in [0.2, 0.25) is 0 Å². The minimum atomic E-state index is -0.814. The van der Waals surface area contributed by atoms with Gasteiger partial charge in [0.15, 0.2) is 5.78 Å². The van der Waals surface area contributed by atoms with Gasteiger partial charge in [-0.2, -0.15) is 0 Å². The van der Waals surface area contributed by atoms with Crippen molar-refractivity contribution in [2.45, 2.75) is 46.5 Å². The third-order valence-electron chi connectivity index (χ3n) is 4.85. The summed E-state index contributed by atoms with van der Waals surface area (Å²) in [5.41, 5.74) is 3.11. The van der Waals surface area contributed by atoms with Crippen molar-refractivity contribution >= 4 is 11.9 Å². The molecule has 6 nitrogen and oxygen atoms in total. The fourth-order valence-electron chi connectivity index (χ4n) is 3.48. The van der Waals surface area contributed by atoms with Gasteiger partial charge in [0, 0.05) is 0 Å². The molecule has 0 saturated carbocycles. The zero-order valence-electron chi connectivity index (χ0n) is 16.8. The highest BCUT2D eigenvalue weighted by Gasteiger charge is 2.29. The Labute approximate surface area is 165 Å². The van der Waals surface area contributed by atoms with Crippen molar-refractivity contribution in [1.29, 1.82) is 0 Å². The summed E-state index contributed by atoms with van der Waals surface area (Å²) in [4.78, 5) is 28.5. The number of aryl methyl sites for hydroxylation is 3. The number of hydrogen-bond donors (Lipinski definition) is 0. The highest BCUT2D eigenvalue weighted by molar-refractivity contribution is 5.99. The number of allylic oxidation sites excluding steroid dienone is 1. The van der Waals surface area contributed by atoms with Crippen molar-refractivity contribution in [3.05, 3.63) is 74.7 Å². The maximum Gasteiger partial charge on any atom is 0.294 e. The molecule has 6 heteroatoms. The first-order valence-corrected chi connectivity index (χ1v) is 9.53. The Bertz CT molecular complexity index is 830. The SMILES string of the molecule is CCc1cccc(CC)c1C(C(=O)/C=C/c1ccc(C)o1)C(C)CO[N+](=O)[O-]. The number of carbonyl (C=O) groups excluding carboxylic acids is 1. The number of rotatable bonds is 10. The summed E-state index contributed by atoms with van der Waals surface area (Å²) in [5, 5.41) is 9.85. The molecule has 0 aliphatic rings. The van der Waals surface area contributed by atoms with Crippen LogP contribution in [0, 0.1) is 23.0 Å². The summed E-state index contributed by atoms with van der Waals surface area (Å²) < 4.78 is 5.50. The number of benzene rings is 1. The van der Waals surface area contributed by atoms with Crippen LogP contribution < -0.4 is 0 Å². The van der Waals surface area contributed by atoms with E-state index in [4.69, 9.17) is 4.42 Å². The number of furan rings is 1. The topological polar surface area (TPSA) is 82.6 Å². The summed E-state index contributed by atoms with van der Waals surface area (Å²) in [5.74, 6) is 0.348. The molecule has 0 aliphatic heterocycles. The van der Waals surface area contributed by atoms with Crippen LogP contribution in [0.5, 0.6) is 0 Å². The first-order chi connectivity index (χ1) is 13.4. The van der Waals surface area contributed by atoms with Gasteiger partial charge < -0.3 is 9.25 Å². The smallest absolute Gasteiger partial charge is 0.294 e. The first kappa shape index (κ1) is 21.4. The van der Waals surface area contributed by atoms with Crippen molar-refractivity contribution in [3.63, 3.8) is 0 Å². The van der Waals surface area contributed by atoms with Crippen LogP contribution in [-0.2, 0) is 22.5 Å². The van der Waals surface area contributed by atoms with E-state index < -0.39 is 11.0 Å². The zero-order valence-corrected chi connectivity index (χ0v) is 16.8. The van der Waals surface area contributed by atoms with Gasteiger partial charge in [0.25, 0.3) is 5.09 Å². The van der Waals surface area contributed by atoms with Crippen molar-refractivity contribution in [2.24, 2.45) is 5.92 Å². The van der Waals surface area contributed by atoms with Crippen LogP contribution in [0.15, 0.2) is 40.8 Å². The van der Waals surface area contributed by atoms with Gasteiger partial charge >= 0.3 is 0 Å². The molecule has 1 aromatic heterocycles. The van der Waals surface area contributed by atoms with Crippen LogP contribution >= 0.6 is 0 Å². The maximum absolute atomic E-state index is 13.2. The molecule has 1 heterocycles. The second-order valence-corrected chi connectivity index (χ2v) is 6.86. The minimum absolute atomic E-state index is 0.121. The molecule has 0 fully saturated rings. The number of hydrogen-bond acceptors (Lipinski definition) is 5. The molecule has 1 aromatic carbocycles. The van der Waals surface area contributed by atoms with Gasteiger partial charge in [-0.25, -0.2) is 0 Å².